The zero-order chi connectivity index (χ0) is 17.5. The zero-order valence-corrected chi connectivity index (χ0v) is 14.5. The molecule has 132 valence electrons. The van der Waals surface area contributed by atoms with Gasteiger partial charge in [-0.3, -0.25) is 14.7 Å². The van der Waals surface area contributed by atoms with Crippen molar-refractivity contribution in [2.24, 2.45) is 0 Å². The number of nitrogens with zero attached hydrogens (tertiary/aromatic N) is 3. The molecule has 3 heterocycles. The number of nitrogens with one attached hydrogen (secondary N) is 1. The first-order chi connectivity index (χ1) is 12.3. The first-order valence-corrected chi connectivity index (χ1v) is 8.66. The van der Waals surface area contributed by atoms with Crippen molar-refractivity contribution in [3.05, 3.63) is 54.0 Å². The standard InChI is InChI=1S/C19H24N4O2/c1-25-19-16(5-4-9-21-19)13-22-18(24)17-6-2-3-12-23(17)14-15-7-10-20-11-8-15/h4-5,7-11,17H,2-3,6,12-14H2,1H3,(H,22,24)/t17-/m0/s1. The number of rotatable bonds is 6. The molecular weight excluding hydrogens is 316 g/mol. The van der Waals surface area contributed by atoms with Crippen molar-refractivity contribution in [2.75, 3.05) is 13.7 Å². The average molecular weight is 340 g/mol. The number of aromatic nitrogens is 2. The molecule has 0 spiro atoms. The molecule has 1 amide bonds. The van der Waals surface area contributed by atoms with Crippen molar-refractivity contribution < 1.29 is 9.53 Å². The van der Waals surface area contributed by atoms with E-state index in [1.54, 1.807) is 25.7 Å². The Kier molecular flexibility index (Phi) is 5.95. The van der Waals surface area contributed by atoms with Crippen molar-refractivity contribution in [3.8, 4) is 5.88 Å². The van der Waals surface area contributed by atoms with Gasteiger partial charge in [0.05, 0.1) is 13.2 Å². The lowest BCUT2D eigenvalue weighted by molar-refractivity contribution is -0.128. The summed E-state index contributed by atoms with van der Waals surface area (Å²) >= 11 is 0. The lowest BCUT2D eigenvalue weighted by Gasteiger charge is -2.34. The van der Waals surface area contributed by atoms with Crippen LogP contribution < -0.4 is 10.1 Å². The van der Waals surface area contributed by atoms with Gasteiger partial charge in [0.1, 0.15) is 0 Å². The fraction of sp³-hybridized carbons (Fsp3) is 0.421. The minimum Gasteiger partial charge on any atom is -0.481 e. The Bertz CT molecular complexity index is 693. The highest BCUT2D eigenvalue weighted by atomic mass is 16.5. The molecule has 1 aliphatic rings. The number of likely N-dealkylation sites (tertiary alicyclic amines) is 1. The number of pyridine rings is 2. The largest absolute Gasteiger partial charge is 0.481 e. The normalized spacial score (nSPS) is 17.9. The van der Waals surface area contributed by atoms with E-state index in [-0.39, 0.29) is 11.9 Å². The fourth-order valence-corrected chi connectivity index (χ4v) is 3.24. The number of piperidine rings is 1. The molecule has 0 bridgehead atoms. The first-order valence-electron chi connectivity index (χ1n) is 8.66. The maximum atomic E-state index is 12.7. The Morgan fingerprint density at radius 3 is 2.92 bits per heavy atom. The monoisotopic (exact) mass is 340 g/mol. The van der Waals surface area contributed by atoms with Crippen molar-refractivity contribution in [1.82, 2.24) is 20.2 Å². The molecule has 6 nitrogen and oxygen atoms in total. The van der Waals surface area contributed by atoms with Crippen molar-refractivity contribution >= 4 is 5.91 Å². The van der Waals surface area contributed by atoms with E-state index < -0.39 is 0 Å². The summed E-state index contributed by atoms with van der Waals surface area (Å²) in [4.78, 5) is 23.2. The van der Waals surface area contributed by atoms with Gasteiger partial charge in [0.15, 0.2) is 0 Å². The third-order valence-corrected chi connectivity index (χ3v) is 4.55. The van der Waals surface area contributed by atoms with E-state index in [0.717, 1.165) is 37.9 Å². The number of hydrogen-bond acceptors (Lipinski definition) is 5. The molecule has 1 aliphatic heterocycles. The predicted octanol–water partition coefficient (Wildman–Crippen LogP) is 2.16. The third kappa shape index (κ3) is 4.54. The molecule has 2 aromatic heterocycles. The number of carbonyl (C=O) groups excluding carboxylic acids is 1. The van der Waals surface area contributed by atoms with Crippen LogP contribution >= 0.6 is 0 Å². The topological polar surface area (TPSA) is 67.3 Å². The zero-order valence-electron chi connectivity index (χ0n) is 14.5. The van der Waals surface area contributed by atoms with E-state index in [1.165, 1.54) is 5.56 Å². The molecule has 0 unspecified atom stereocenters. The molecule has 0 saturated carbocycles. The maximum absolute atomic E-state index is 12.7. The Morgan fingerprint density at radius 1 is 1.28 bits per heavy atom. The minimum atomic E-state index is -0.0930. The van der Waals surface area contributed by atoms with Crippen molar-refractivity contribution in [1.29, 1.82) is 0 Å². The lowest BCUT2D eigenvalue weighted by Crippen LogP contribution is -2.48. The molecule has 0 aromatic carbocycles. The number of methoxy groups -OCH3 is 1. The van der Waals surface area contributed by atoms with Gasteiger partial charge in [-0.2, -0.15) is 0 Å². The van der Waals surface area contributed by atoms with Gasteiger partial charge in [-0.25, -0.2) is 4.98 Å². The van der Waals surface area contributed by atoms with Crippen LogP contribution in [0, 0.1) is 0 Å². The van der Waals surface area contributed by atoms with Gasteiger partial charge in [-0.15, -0.1) is 0 Å². The molecule has 2 aromatic rings. The van der Waals surface area contributed by atoms with Crippen LogP contribution in [0.4, 0.5) is 0 Å². The average Bonchev–Trinajstić information content (AvgIpc) is 2.67. The van der Waals surface area contributed by atoms with Crippen molar-refractivity contribution in [2.45, 2.75) is 38.4 Å². The number of carbonyl (C=O) groups is 1. The van der Waals surface area contributed by atoms with Crippen molar-refractivity contribution in [3.63, 3.8) is 0 Å². The van der Waals surface area contributed by atoms with Gasteiger partial charge >= 0.3 is 0 Å². The molecule has 0 radical (unpaired) electrons. The summed E-state index contributed by atoms with van der Waals surface area (Å²) < 4.78 is 5.24. The molecule has 1 atom stereocenters. The van der Waals surface area contributed by atoms with Crippen LogP contribution in [0.2, 0.25) is 0 Å². The second kappa shape index (κ2) is 8.58. The first kappa shape index (κ1) is 17.4. The summed E-state index contributed by atoms with van der Waals surface area (Å²) in [5.74, 6) is 0.625. The third-order valence-electron chi connectivity index (χ3n) is 4.55. The van der Waals surface area contributed by atoms with Gasteiger partial charge in [-0.1, -0.05) is 12.5 Å². The highest BCUT2D eigenvalue weighted by Gasteiger charge is 2.28. The summed E-state index contributed by atoms with van der Waals surface area (Å²) in [6.07, 6.45) is 8.38. The molecule has 6 heteroatoms. The Morgan fingerprint density at radius 2 is 2.12 bits per heavy atom. The van der Waals surface area contributed by atoms with E-state index in [0.29, 0.717) is 12.4 Å². The lowest BCUT2D eigenvalue weighted by atomic mass is 10.0. The van der Waals surface area contributed by atoms with Gasteiger partial charge in [0, 0.05) is 37.2 Å². The minimum absolute atomic E-state index is 0.0691. The summed E-state index contributed by atoms with van der Waals surface area (Å²) in [6, 6.07) is 7.68. The SMILES string of the molecule is COc1ncccc1CNC(=O)[C@@H]1CCCCN1Cc1ccncc1. The summed E-state index contributed by atoms with van der Waals surface area (Å²) in [5, 5.41) is 3.05. The number of ether oxygens (including phenoxy) is 1. The molecule has 25 heavy (non-hydrogen) atoms. The van der Waals surface area contributed by atoms with E-state index >= 15 is 0 Å². The van der Waals surface area contributed by atoms with Gasteiger partial charge < -0.3 is 10.1 Å². The predicted molar refractivity (Wildman–Crippen MR) is 94.9 cm³/mol. The van der Waals surface area contributed by atoms with Crippen LogP contribution in [-0.2, 0) is 17.9 Å². The molecule has 1 N–H and O–H groups in total. The molecule has 0 aliphatic carbocycles. The second-order valence-electron chi connectivity index (χ2n) is 6.23. The molecule has 3 rings (SSSR count). The summed E-state index contributed by atoms with van der Waals surface area (Å²) in [5.41, 5.74) is 2.07. The summed E-state index contributed by atoms with van der Waals surface area (Å²) in [6.45, 7) is 2.14. The Hall–Kier alpha value is -2.47. The summed E-state index contributed by atoms with van der Waals surface area (Å²) in [7, 11) is 1.59. The van der Waals surface area contributed by atoms with Gasteiger partial charge in [0.2, 0.25) is 11.8 Å². The highest BCUT2D eigenvalue weighted by molar-refractivity contribution is 5.81. The maximum Gasteiger partial charge on any atom is 0.237 e. The van der Waals surface area contributed by atoms with Crippen LogP contribution in [0.3, 0.4) is 0 Å². The quantitative estimate of drug-likeness (QED) is 0.873. The number of hydrogen-bond donors (Lipinski definition) is 1. The van der Waals surface area contributed by atoms with Crippen LogP contribution in [0.15, 0.2) is 42.9 Å². The van der Waals surface area contributed by atoms with E-state index in [4.69, 9.17) is 4.74 Å². The van der Waals surface area contributed by atoms with Crippen LogP contribution in [0.1, 0.15) is 30.4 Å². The molecule has 1 saturated heterocycles. The second-order valence-corrected chi connectivity index (χ2v) is 6.23. The van der Waals surface area contributed by atoms with Gasteiger partial charge in [0.25, 0.3) is 0 Å². The van der Waals surface area contributed by atoms with Crippen LogP contribution in [0.25, 0.3) is 0 Å². The number of amides is 1. The Labute approximate surface area is 148 Å². The van der Waals surface area contributed by atoms with Gasteiger partial charge in [-0.05, 0) is 43.1 Å². The van der Waals surface area contributed by atoms with E-state index in [2.05, 4.69) is 20.2 Å². The Balaban J connectivity index is 1.62. The highest BCUT2D eigenvalue weighted by Crippen LogP contribution is 2.20. The van der Waals surface area contributed by atoms with E-state index in [1.807, 2.05) is 24.3 Å². The molecule has 1 fully saturated rings. The smallest absolute Gasteiger partial charge is 0.237 e. The van der Waals surface area contributed by atoms with Crippen LogP contribution in [0.5, 0.6) is 5.88 Å². The van der Waals surface area contributed by atoms with Crippen LogP contribution in [-0.4, -0.2) is 40.5 Å². The van der Waals surface area contributed by atoms with E-state index in [9.17, 15) is 4.79 Å². The fourth-order valence-electron chi connectivity index (χ4n) is 3.24. The molecular formula is C19H24N4O2.